The summed E-state index contributed by atoms with van der Waals surface area (Å²) in [6.07, 6.45) is 3.14. The topological polar surface area (TPSA) is 79.5 Å². The highest BCUT2D eigenvalue weighted by atomic mass is 16.6. The number of nitrogens with one attached hydrogen (secondary N) is 2. The molecule has 0 saturated carbocycles. The van der Waals surface area contributed by atoms with Crippen molar-refractivity contribution in [3.8, 4) is 0 Å². The van der Waals surface area contributed by atoms with E-state index in [1.807, 2.05) is 20.8 Å². The molecule has 2 rings (SSSR count). The van der Waals surface area contributed by atoms with Crippen molar-refractivity contribution in [3.05, 3.63) is 18.2 Å². The Bertz CT molecular complexity index is 442. The number of aromatic nitrogens is 2. The van der Waals surface area contributed by atoms with Gasteiger partial charge in [0, 0.05) is 31.5 Å². The van der Waals surface area contributed by atoms with Crippen LogP contribution in [-0.4, -0.2) is 58.9 Å². The van der Waals surface area contributed by atoms with Gasteiger partial charge in [0.2, 0.25) is 0 Å². The molecule has 2 heterocycles. The van der Waals surface area contributed by atoms with Crippen LogP contribution in [0.5, 0.6) is 0 Å². The van der Waals surface area contributed by atoms with Crippen LogP contribution in [0.15, 0.2) is 12.5 Å². The van der Waals surface area contributed by atoms with Crippen LogP contribution in [0, 0.1) is 0 Å². The molecule has 1 aromatic heterocycles. The molecular formula is C14H24N4O3. The number of aromatic amines is 1. The predicted molar refractivity (Wildman–Crippen MR) is 77.8 cm³/mol. The molecule has 2 N–H and O–H groups in total. The summed E-state index contributed by atoms with van der Waals surface area (Å²) in [7, 11) is 0. The Morgan fingerprint density at radius 3 is 3.10 bits per heavy atom. The molecule has 1 saturated heterocycles. The molecule has 7 heteroatoms. The van der Waals surface area contributed by atoms with E-state index in [-0.39, 0.29) is 12.1 Å². The van der Waals surface area contributed by atoms with E-state index in [2.05, 4.69) is 15.3 Å². The number of hydrogen-bond acceptors (Lipinski definition) is 5. The Balaban J connectivity index is 1.84. The molecule has 118 valence electrons. The van der Waals surface area contributed by atoms with E-state index in [0.29, 0.717) is 32.8 Å². The molecule has 0 bridgehead atoms. The lowest BCUT2D eigenvalue weighted by atomic mass is 10.2. The second kappa shape index (κ2) is 6.91. The summed E-state index contributed by atoms with van der Waals surface area (Å²) in [5, 5.41) is 3.30. The van der Waals surface area contributed by atoms with E-state index in [1.54, 1.807) is 17.4 Å². The number of carbonyl (C=O) groups is 1. The van der Waals surface area contributed by atoms with E-state index in [0.717, 1.165) is 5.69 Å². The Hall–Kier alpha value is -1.60. The first-order valence-corrected chi connectivity index (χ1v) is 7.21. The van der Waals surface area contributed by atoms with Gasteiger partial charge >= 0.3 is 6.09 Å². The van der Waals surface area contributed by atoms with Crippen LogP contribution in [-0.2, 0) is 16.0 Å². The molecule has 1 fully saturated rings. The molecule has 0 aliphatic carbocycles. The molecule has 1 aliphatic rings. The summed E-state index contributed by atoms with van der Waals surface area (Å²) in [5.74, 6) is 0. The third-order valence-electron chi connectivity index (χ3n) is 3.11. The number of imidazole rings is 1. The zero-order chi connectivity index (χ0) is 15.3. The minimum Gasteiger partial charge on any atom is -0.444 e. The number of H-pyrrole nitrogens is 1. The summed E-state index contributed by atoms with van der Waals surface area (Å²) in [6.45, 7) is 8.58. The maximum absolute atomic E-state index is 12.2. The summed E-state index contributed by atoms with van der Waals surface area (Å²) in [5.41, 5.74) is 0.527. The van der Waals surface area contributed by atoms with Crippen molar-refractivity contribution >= 4 is 6.09 Å². The van der Waals surface area contributed by atoms with Gasteiger partial charge in [0.05, 0.1) is 25.6 Å². The van der Waals surface area contributed by atoms with Crippen molar-refractivity contribution in [1.82, 2.24) is 20.2 Å². The number of hydrogen-bond donors (Lipinski definition) is 2. The second-order valence-corrected chi connectivity index (χ2v) is 6.11. The largest absolute Gasteiger partial charge is 0.444 e. The van der Waals surface area contributed by atoms with Crippen molar-refractivity contribution < 1.29 is 14.3 Å². The maximum atomic E-state index is 12.2. The Kier molecular flexibility index (Phi) is 5.19. The lowest BCUT2D eigenvalue weighted by Gasteiger charge is -2.36. The van der Waals surface area contributed by atoms with Crippen LogP contribution >= 0.6 is 0 Å². The fourth-order valence-electron chi connectivity index (χ4n) is 2.14. The SMILES string of the molecule is CC(C)(C)OC(=O)N1CCOCC1CNCc1cnc[nH]1. The van der Waals surface area contributed by atoms with Crippen LogP contribution in [0.2, 0.25) is 0 Å². The van der Waals surface area contributed by atoms with Crippen molar-refractivity contribution in [2.75, 3.05) is 26.3 Å². The molecule has 1 amide bonds. The first-order chi connectivity index (χ1) is 9.96. The minimum atomic E-state index is -0.483. The third kappa shape index (κ3) is 5.02. The van der Waals surface area contributed by atoms with Crippen molar-refractivity contribution in [3.63, 3.8) is 0 Å². The first-order valence-electron chi connectivity index (χ1n) is 7.21. The van der Waals surface area contributed by atoms with Crippen LogP contribution in [0.3, 0.4) is 0 Å². The summed E-state index contributed by atoms with van der Waals surface area (Å²) < 4.78 is 10.9. The lowest BCUT2D eigenvalue weighted by molar-refractivity contribution is -0.0317. The number of amides is 1. The quantitative estimate of drug-likeness (QED) is 0.871. The Morgan fingerprint density at radius 1 is 1.62 bits per heavy atom. The van der Waals surface area contributed by atoms with Crippen molar-refractivity contribution in [1.29, 1.82) is 0 Å². The minimum absolute atomic E-state index is 0.0171. The van der Waals surface area contributed by atoms with Gasteiger partial charge in [-0.2, -0.15) is 0 Å². The monoisotopic (exact) mass is 296 g/mol. The van der Waals surface area contributed by atoms with Gasteiger partial charge < -0.3 is 19.8 Å². The lowest BCUT2D eigenvalue weighted by Crippen LogP contribution is -2.54. The standard InChI is InChI=1S/C14H24N4O3/c1-14(2,3)21-13(19)18-4-5-20-9-12(18)8-15-6-11-7-16-10-17-11/h7,10,12,15H,4-6,8-9H2,1-3H3,(H,16,17). The average molecular weight is 296 g/mol. The van der Waals surface area contributed by atoms with Crippen molar-refractivity contribution in [2.45, 2.75) is 39.0 Å². The molecule has 7 nitrogen and oxygen atoms in total. The summed E-state index contributed by atoms with van der Waals surface area (Å²) in [6, 6.07) is -0.0171. The van der Waals surface area contributed by atoms with Gasteiger partial charge in [-0.25, -0.2) is 9.78 Å². The normalized spacial score (nSPS) is 19.6. The first kappa shape index (κ1) is 15.8. The zero-order valence-corrected chi connectivity index (χ0v) is 12.9. The molecule has 1 atom stereocenters. The van der Waals surface area contributed by atoms with Gasteiger partial charge in [0.25, 0.3) is 0 Å². The van der Waals surface area contributed by atoms with Crippen LogP contribution in [0.25, 0.3) is 0 Å². The van der Waals surface area contributed by atoms with E-state index >= 15 is 0 Å². The number of morpholine rings is 1. The van der Waals surface area contributed by atoms with Crippen LogP contribution in [0.1, 0.15) is 26.5 Å². The van der Waals surface area contributed by atoms with Gasteiger partial charge in [0.15, 0.2) is 0 Å². The Morgan fingerprint density at radius 2 is 2.43 bits per heavy atom. The number of nitrogens with zero attached hydrogens (tertiary/aromatic N) is 2. The maximum Gasteiger partial charge on any atom is 0.410 e. The number of carbonyl (C=O) groups excluding carboxylic acids is 1. The highest BCUT2D eigenvalue weighted by Crippen LogP contribution is 2.14. The predicted octanol–water partition coefficient (Wildman–Crippen LogP) is 1.14. The third-order valence-corrected chi connectivity index (χ3v) is 3.11. The van der Waals surface area contributed by atoms with E-state index in [9.17, 15) is 4.79 Å². The molecular weight excluding hydrogens is 272 g/mol. The molecule has 0 spiro atoms. The van der Waals surface area contributed by atoms with Crippen LogP contribution in [0.4, 0.5) is 4.79 Å². The highest BCUT2D eigenvalue weighted by molar-refractivity contribution is 5.68. The Labute approximate surface area is 125 Å². The molecule has 1 aliphatic heterocycles. The van der Waals surface area contributed by atoms with E-state index in [1.165, 1.54) is 0 Å². The smallest absolute Gasteiger partial charge is 0.410 e. The number of ether oxygens (including phenoxy) is 2. The van der Waals surface area contributed by atoms with Gasteiger partial charge in [0.1, 0.15) is 5.60 Å². The molecule has 1 aromatic rings. The van der Waals surface area contributed by atoms with Gasteiger partial charge in [-0.05, 0) is 20.8 Å². The van der Waals surface area contributed by atoms with Gasteiger partial charge in [-0.15, -0.1) is 0 Å². The number of rotatable bonds is 4. The summed E-state index contributed by atoms with van der Waals surface area (Å²) in [4.78, 5) is 21.0. The fourth-order valence-corrected chi connectivity index (χ4v) is 2.14. The van der Waals surface area contributed by atoms with E-state index < -0.39 is 5.60 Å². The van der Waals surface area contributed by atoms with Gasteiger partial charge in [-0.3, -0.25) is 4.90 Å². The fraction of sp³-hybridized carbons (Fsp3) is 0.714. The van der Waals surface area contributed by atoms with Crippen molar-refractivity contribution in [2.24, 2.45) is 0 Å². The zero-order valence-electron chi connectivity index (χ0n) is 12.9. The highest BCUT2D eigenvalue weighted by Gasteiger charge is 2.30. The van der Waals surface area contributed by atoms with Gasteiger partial charge in [-0.1, -0.05) is 0 Å². The molecule has 1 unspecified atom stereocenters. The summed E-state index contributed by atoms with van der Waals surface area (Å²) >= 11 is 0. The molecule has 0 aromatic carbocycles. The van der Waals surface area contributed by atoms with E-state index in [4.69, 9.17) is 9.47 Å². The molecule has 21 heavy (non-hydrogen) atoms. The average Bonchev–Trinajstić information content (AvgIpc) is 2.90. The second-order valence-electron chi connectivity index (χ2n) is 6.11. The molecule has 0 radical (unpaired) electrons. The van der Waals surface area contributed by atoms with Crippen LogP contribution < -0.4 is 5.32 Å².